The number of piperidine rings is 1. The lowest BCUT2D eigenvalue weighted by molar-refractivity contribution is 0.0479. The molecule has 1 unspecified atom stereocenters. The van der Waals surface area contributed by atoms with E-state index in [2.05, 4.69) is 12.2 Å². The van der Waals surface area contributed by atoms with E-state index in [0.29, 0.717) is 13.1 Å². The predicted octanol–water partition coefficient (Wildman–Crippen LogP) is 3.49. The van der Waals surface area contributed by atoms with Crippen LogP contribution in [-0.4, -0.2) is 35.0 Å². The van der Waals surface area contributed by atoms with Crippen LogP contribution in [-0.2, 0) is 0 Å². The first-order chi connectivity index (χ1) is 11.0. The van der Waals surface area contributed by atoms with E-state index in [0.717, 1.165) is 38.2 Å². The largest absolute Gasteiger partial charge is 0.478 e. The van der Waals surface area contributed by atoms with Gasteiger partial charge in [0, 0.05) is 13.1 Å². The number of nitrogens with zero attached hydrogens (tertiary/aromatic N) is 1. The van der Waals surface area contributed by atoms with Crippen molar-refractivity contribution in [3.63, 3.8) is 0 Å². The summed E-state index contributed by atoms with van der Waals surface area (Å²) in [5, 5.41) is 8.89. The van der Waals surface area contributed by atoms with E-state index < -0.39 is 11.8 Å². The van der Waals surface area contributed by atoms with Crippen LogP contribution in [0.5, 0.6) is 0 Å². The van der Waals surface area contributed by atoms with Crippen LogP contribution in [0.3, 0.4) is 0 Å². The standard InChI is InChI=1S/C18H20FNO3/c19-15-11-13(17(22)23)5-6-14(15)16(21)20-10-4-9-18(12-20)7-2-1-3-8-18/h1-2,5-6,11H,3-4,7-10,12H2,(H,22,23). The van der Waals surface area contributed by atoms with E-state index >= 15 is 0 Å². The van der Waals surface area contributed by atoms with Gasteiger partial charge in [-0.3, -0.25) is 4.79 Å². The molecule has 1 aromatic carbocycles. The van der Waals surface area contributed by atoms with Gasteiger partial charge in [-0.15, -0.1) is 0 Å². The molecule has 1 saturated heterocycles. The van der Waals surface area contributed by atoms with Crippen molar-refractivity contribution in [1.82, 2.24) is 4.90 Å². The van der Waals surface area contributed by atoms with Crippen LogP contribution in [0.15, 0.2) is 30.4 Å². The molecule has 1 heterocycles. The third-order valence-electron chi connectivity index (χ3n) is 4.95. The molecule has 1 N–H and O–H groups in total. The van der Waals surface area contributed by atoms with Gasteiger partial charge in [-0.2, -0.15) is 0 Å². The van der Waals surface area contributed by atoms with E-state index in [-0.39, 0.29) is 22.4 Å². The summed E-state index contributed by atoms with van der Waals surface area (Å²) in [6.45, 7) is 1.28. The molecule has 2 aliphatic rings. The first kappa shape index (κ1) is 15.7. The SMILES string of the molecule is O=C(O)c1ccc(C(=O)N2CCCC3(CC=CCC3)C2)c(F)c1. The van der Waals surface area contributed by atoms with Crippen molar-refractivity contribution in [2.24, 2.45) is 5.41 Å². The summed E-state index contributed by atoms with van der Waals surface area (Å²) in [6, 6.07) is 3.48. The maximum atomic E-state index is 14.1. The molecule has 0 radical (unpaired) electrons. The molecule has 4 nitrogen and oxygen atoms in total. The average molecular weight is 317 g/mol. The van der Waals surface area contributed by atoms with Gasteiger partial charge in [-0.1, -0.05) is 12.2 Å². The van der Waals surface area contributed by atoms with Crippen molar-refractivity contribution < 1.29 is 19.1 Å². The summed E-state index contributed by atoms with van der Waals surface area (Å²) < 4.78 is 14.1. The molecule has 23 heavy (non-hydrogen) atoms. The van der Waals surface area contributed by atoms with Crippen LogP contribution >= 0.6 is 0 Å². The number of carbonyl (C=O) groups excluding carboxylic acids is 1. The first-order valence-corrected chi connectivity index (χ1v) is 7.98. The molecule has 5 heteroatoms. The van der Waals surface area contributed by atoms with Crippen LogP contribution in [0, 0.1) is 11.2 Å². The third kappa shape index (κ3) is 3.14. The molecule has 1 atom stereocenters. The fourth-order valence-electron chi connectivity index (χ4n) is 3.69. The minimum Gasteiger partial charge on any atom is -0.478 e. The van der Waals surface area contributed by atoms with Crippen molar-refractivity contribution in [2.45, 2.75) is 32.1 Å². The van der Waals surface area contributed by atoms with E-state index in [9.17, 15) is 14.0 Å². The number of halogens is 1. The summed E-state index contributed by atoms with van der Waals surface area (Å²) in [4.78, 5) is 25.2. The number of amides is 1. The Morgan fingerprint density at radius 3 is 2.70 bits per heavy atom. The molecule has 0 bridgehead atoms. The number of hydrogen-bond donors (Lipinski definition) is 1. The predicted molar refractivity (Wildman–Crippen MR) is 83.9 cm³/mol. The van der Waals surface area contributed by atoms with Crippen LogP contribution in [0.4, 0.5) is 4.39 Å². The highest BCUT2D eigenvalue weighted by Gasteiger charge is 2.37. The molecule has 1 fully saturated rings. The Morgan fingerprint density at radius 1 is 1.22 bits per heavy atom. The Balaban J connectivity index is 1.80. The zero-order valence-corrected chi connectivity index (χ0v) is 12.9. The highest BCUT2D eigenvalue weighted by atomic mass is 19.1. The van der Waals surface area contributed by atoms with E-state index in [4.69, 9.17) is 5.11 Å². The monoisotopic (exact) mass is 317 g/mol. The van der Waals surface area contributed by atoms with Gasteiger partial charge in [0.05, 0.1) is 11.1 Å². The molecule has 3 rings (SSSR count). The van der Waals surface area contributed by atoms with Gasteiger partial charge in [0.1, 0.15) is 5.82 Å². The van der Waals surface area contributed by atoms with Gasteiger partial charge in [0.15, 0.2) is 0 Å². The topological polar surface area (TPSA) is 57.6 Å². The van der Waals surface area contributed by atoms with Gasteiger partial charge in [0.2, 0.25) is 0 Å². The van der Waals surface area contributed by atoms with Crippen molar-refractivity contribution in [3.8, 4) is 0 Å². The Labute approximate surface area is 134 Å². The molecule has 0 aromatic heterocycles. The lowest BCUT2D eigenvalue weighted by Crippen LogP contribution is -2.46. The summed E-state index contributed by atoms with van der Waals surface area (Å²) in [7, 11) is 0. The van der Waals surface area contributed by atoms with Crippen LogP contribution in [0.25, 0.3) is 0 Å². The second-order valence-corrected chi connectivity index (χ2v) is 6.54. The lowest BCUT2D eigenvalue weighted by Gasteiger charge is -2.44. The molecule has 1 spiro atoms. The fourth-order valence-corrected chi connectivity index (χ4v) is 3.69. The summed E-state index contributed by atoms with van der Waals surface area (Å²) in [6.07, 6.45) is 9.45. The summed E-state index contributed by atoms with van der Waals surface area (Å²) >= 11 is 0. The molecule has 1 aliphatic heterocycles. The molecular formula is C18H20FNO3. The second kappa shape index (κ2) is 6.14. The number of carbonyl (C=O) groups is 2. The Hall–Kier alpha value is -2.17. The molecule has 1 aliphatic carbocycles. The van der Waals surface area contributed by atoms with Crippen molar-refractivity contribution in [2.75, 3.05) is 13.1 Å². The quantitative estimate of drug-likeness (QED) is 0.850. The van der Waals surface area contributed by atoms with Crippen LogP contribution in [0.2, 0.25) is 0 Å². The normalized spacial score (nSPS) is 24.0. The number of carboxylic acid groups (broad SMARTS) is 1. The van der Waals surface area contributed by atoms with Crippen LogP contribution < -0.4 is 0 Å². The summed E-state index contributed by atoms with van der Waals surface area (Å²) in [5.74, 6) is -2.31. The maximum absolute atomic E-state index is 14.1. The average Bonchev–Trinajstić information content (AvgIpc) is 2.55. The van der Waals surface area contributed by atoms with Gasteiger partial charge in [0.25, 0.3) is 5.91 Å². The number of likely N-dealkylation sites (tertiary alicyclic amines) is 1. The van der Waals surface area contributed by atoms with E-state index in [1.807, 2.05) is 0 Å². The van der Waals surface area contributed by atoms with E-state index in [1.165, 1.54) is 12.1 Å². The summed E-state index contributed by atoms with van der Waals surface area (Å²) in [5.41, 5.74) is -0.0647. The Bertz CT molecular complexity index is 670. The van der Waals surface area contributed by atoms with E-state index in [1.54, 1.807) is 4.90 Å². The number of benzene rings is 1. The third-order valence-corrected chi connectivity index (χ3v) is 4.95. The number of allylic oxidation sites excluding steroid dienone is 2. The Kier molecular flexibility index (Phi) is 4.20. The van der Waals surface area contributed by atoms with Crippen LogP contribution in [0.1, 0.15) is 52.8 Å². The highest BCUT2D eigenvalue weighted by Crippen LogP contribution is 2.41. The van der Waals surface area contributed by atoms with Crippen molar-refractivity contribution >= 4 is 11.9 Å². The minimum absolute atomic E-state index is 0.0431. The minimum atomic E-state index is -1.20. The highest BCUT2D eigenvalue weighted by molar-refractivity contribution is 5.96. The van der Waals surface area contributed by atoms with Gasteiger partial charge >= 0.3 is 5.97 Å². The Morgan fingerprint density at radius 2 is 2.04 bits per heavy atom. The zero-order chi connectivity index (χ0) is 16.4. The van der Waals surface area contributed by atoms with Gasteiger partial charge < -0.3 is 10.0 Å². The number of hydrogen-bond acceptors (Lipinski definition) is 2. The number of carboxylic acids is 1. The number of rotatable bonds is 2. The lowest BCUT2D eigenvalue weighted by atomic mass is 9.71. The first-order valence-electron chi connectivity index (χ1n) is 7.98. The molecule has 1 amide bonds. The zero-order valence-electron chi connectivity index (χ0n) is 12.9. The molecule has 122 valence electrons. The molecular weight excluding hydrogens is 297 g/mol. The fraction of sp³-hybridized carbons (Fsp3) is 0.444. The second-order valence-electron chi connectivity index (χ2n) is 6.54. The number of aromatic carboxylic acids is 1. The van der Waals surface area contributed by atoms with Crippen molar-refractivity contribution in [3.05, 3.63) is 47.3 Å². The maximum Gasteiger partial charge on any atom is 0.335 e. The van der Waals surface area contributed by atoms with Gasteiger partial charge in [-0.25, -0.2) is 9.18 Å². The smallest absolute Gasteiger partial charge is 0.335 e. The molecule has 0 saturated carbocycles. The van der Waals surface area contributed by atoms with Crippen molar-refractivity contribution in [1.29, 1.82) is 0 Å². The molecule has 1 aromatic rings. The van der Waals surface area contributed by atoms with Gasteiger partial charge in [-0.05, 0) is 55.7 Å².